The number of rotatable bonds is 6. The summed E-state index contributed by atoms with van der Waals surface area (Å²) < 4.78 is 12.7. The normalized spacial score (nSPS) is 14.8. The van der Waals surface area contributed by atoms with Crippen LogP contribution in [0.25, 0.3) is 0 Å². The molecule has 0 bridgehead atoms. The van der Waals surface area contributed by atoms with Gasteiger partial charge in [-0.1, -0.05) is 13.8 Å². The fourth-order valence-corrected chi connectivity index (χ4v) is 2.87. The zero-order chi connectivity index (χ0) is 12.0. The minimum absolute atomic E-state index is 0.168. The molecule has 0 fully saturated rings. The SMILES string of the molecule is CCNC(C)CC(C)Sc1ccc(F)cc1. The first-order valence-electron chi connectivity index (χ1n) is 5.77. The lowest BCUT2D eigenvalue weighted by Gasteiger charge is -2.17. The smallest absolute Gasteiger partial charge is 0.123 e. The Labute approximate surface area is 102 Å². The van der Waals surface area contributed by atoms with Gasteiger partial charge in [0.1, 0.15) is 5.82 Å². The van der Waals surface area contributed by atoms with Crippen LogP contribution in [0.2, 0.25) is 0 Å². The van der Waals surface area contributed by atoms with E-state index in [9.17, 15) is 4.39 Å². The molecule has 0 aliphatic rings. The lowest BCUT2D eigenvalue weighted by atomic mass is 10.2. The predicted molar refractivity (Wildman–Crippen MR) is 69.5 cm³/mol. The van der Waals surface area contributed by atoms with E-state index in [0.717, 1.165) is 17.9 Å². The highest BCUT2D eigenvalue weighted by Gasteiger charge is 2.09. The molecule has 0 spiro atoms. The van der Waals surface area contributed by atoms with Crippen molar-refractivity contribution in [3.63, 3.8) is 0 Å². The summed E-state index contributed by atoms with van der Waals surface area (Å²) in [5, 5.41) is 3.94. The Hall–Kier alpha value is -0.540. The van der Waals surface area contributed by atoms with Gasteiger partial charge < -0.3 is 5.32 Å². The summed E-state index contributed by atoms with van der Waals surface area (Å²) in [6.45, 7) is 7.54. The summed E-state index contributed by atoms with van der Waals surface area (Å²) >= 11 is 1.80. The van der Waals surface area contributed by atoms with E-state index in [0.29, 0.717) is 11.3 Å². The van der Waals surface area contributed by atoms with Gasteiger partial charge in [0.25, 0.3) is 0 Å². The molecule has 1 rings (SSSR count). The monoisotopic (exact) mass is 241 g/mol. The van der Waals surface area contributed by atoms with Crippen LogP contribution in [0.15, 0.2) is 29.2 Å². The van der Waals surface area contributed by atoms with E-state index < -0.39 is 0 Å². The third-order valence-electron chi connectivity index (χ3n) is 2.39. The maximum Gasteiger partial charge on any atom is 0.123 e. The van der Waals surface area contributed by atoms with Crippen LogP contribution in [-0.2, 0) is 0 Å². The van der Waals surface area contributed by atoms with Gasteiger partial charge in [-0.3, -0.25) is 0 Å². The molecule has 0 saturated heterocycles. The zero-order valence-electron chi connectivity index (χ0n) is 10.2. The molecule has 1 N–H and O–H groups in total. The van der Waals surface area contributed by atoms with Crippen molar-refractivity contribution < 1.29 is 4.39 Å². The number of benzene rings is 1. The molecule has 3 heteroatoms. The lowest BCUT2D eigenvalue weighted by Crippen LogP contribution is -2.28. The van der Waals surface area contributed by atoms with E-state index in [1.165, 1.54) is 12.1 Å². The molecule has 2 unspecified atom stereocenters. The van der Waals surface area contributed by atoms with Crippen LogP contribution >= 0.6 is 11.8 Å². The van der Waals surface area contributed by atoms with Crippen LogP contribution in [-0.4, -0.2) is 17.8 Å². The Morgan fingerprint density at radius 3 is 2.44 bits per heavy atom. The van der Waals surface area contributed by atoms with E-state index in [1.54, 1.807) is 11.8 Å². The highest BCUT2D eigenvalue weighted by molar-refractivity contribution is 7.99. The second-order valence-corrected chi connectivity index (χ2v) is 5.59. The van der Waals surface area contributed by atoms with Crippen LogP contribution in [0.5, 0.6) is 0 Å². The molecule has 0 radical (unpaired) electrons. The van der Waals surface area contributed by atoms with Gasteiger partial charge in [0.2, 0.25) is 0 Å². The van der Waals surface area contributed by atoms with Gasteiger partial charge >= 0.3 is 0 Å². The van der Waals surface area contributed by atoms with Gasteiger partial charge in [-0.05, 0) is 44.2 Å². The standard InChI is InChI=1S/C13H20FNS/c1-4-15-10(2)9-11(3)16-13-7-5-12(14)6-8-13/h5-8,10-11,15H,4,9H2,1-3H3. The Balaban J connectivity index is 2.39. The fraction of sp³-hybridized carbons (Fsp3) is 0.538. The van der Waals surface area contributed by atoms with Crippen molar-refractivity contribution in [1.82, 2.24) is 5.32 Å². The Morgan fingerprint density at radius 2 is 1.88 bits per heavy atom. The van der Waals surface area contributed by atoms with Gasteiger partial charge in [-0.2, -0.15) is 0 Å². The first-order chi connectivity index (χ1) is 7.61. The third-order valence-corrected chi connectivity index (χ3v) is 3.53. The average molecular weight is 241 g/mol. The van der Waals surface area contributed by atoms with Crippen molar-refractivity contribution in [3.8, 4) is 0 Å². The van der Waals surface area contributed by atoms with Crippen molar-refractivity contribution in [2.45, 2.75) is 43.4 Å². The maximum absolute atomic E-state index is 12.7. The van der Waals surface area contributed by atoms with Crippen molar-refractivity contribution in [1.29, 1.82) is 0 Å². The summed E-state index contributed by atoms with van der Waals surface area (Å²) in [7, 11) is 0. The van der Waals surface area contributed by atoms with Crippen LogP contribution in [0.4, 0.5) is 4.39 Å². The Morgan fingerprint density at radius 1 is 1.25 bits per heavy atom. The lowest BCUT2D eigenvalue weighted by molar-refractivity contribution is 0.530. The van der Waals surface area contributed by atoms with Crippen molar-refractivity contribution in [3.05, 3.63) is 30.1 Å². The maximum atomic E-state index is 12.7. The van der Waals surface area contributed by atoms with Gasteiger partial charge in [0, 0.05) is 16.2 Å². The topological polar surface area (TPSA) is 12.0 Å². The number of hydrogen-bond acceptors (Lipinski definition) is 2. The number of thioether (sulfide) groups is 1. The average Bonchev–Trinajstić information content (AvgIpc) is 2.21. The van der Waals surface area contributed by atoms with E-state index in [2.05, 4.69) is 26.1 Å². The zero-order valence-corrected chi connectivity index (χ0v) is 11.0. The van der Waals surface area contributed by atoms with E-state index in [1.807, 2.05) is 12.1 Å². The Kier molecular flexibility index (Phi) is 5.85. The Bertz CT molecular complexity index is 299. The van der Waals surface area contributed by atoms with E-state index >= 15 is 0 Å². The molecule has 2 atom stereocenters. The minimum atomic E-state index is -0.168. The first kappa shape index (κ1) is 13.5. The van der Waals surface area contributed by atoms with E-state index in [-0.39, 0.29) is 5.82 Å². The number of halogens is 1. The molecular formula is C13H20FNS. The van der Waals surface area contributed by atoms with Crippen LogP contribution in [0.1, 0.15) is 27.2 Å². The molecule has 1 aromatic rings. The number of nitrogens with one attached hydrogen (secondary N) is 1. The van der Waals surface area contributed by atoms with Crippen molar-refractivity contribution in [2.75, 3.05) is 6.54 Å². The molecule has 16 heavy (non-hydrogen) atoms. The molecule has 90 valence electrons. The van der Waals surface area contributed by atoms with E-state index in [4.69, 9.17) is 0 Å². The van der Waals surface area contributed by atoms with Gasteiger partial charge in [-0.25, -0.2) is 4.39 Å². The third kappa shape index (κ3) is 4.99. The van der Waals surface area contributed by atoms with Crippen molar-refractivity contribution in [2.24, 2.45) is 0 Å². The summed E-state index contributed by atoms with van der Waals surface area (Å²) in [6.07, 6.45) is 1.12. The summed E-state index contributed by atoms with van der Waals surface area (Å²) in [5.74, 6) is -0.168. The van der Waals surface area contributed by atoms with Gasteiger partial charge in [0.05, 0.1) is 0 Å². The molecule has 0 saturated carbocycles. The van der Waals surface area contributed by atoms with Crippen LogP contribution < -0.4 is 5.32 Å². The number of hydrogen-bond donors (Lipinski definition) is 1. The van der Waals surface area contributed by atoms with Crippen LogP contribution in [0, 0.1) is 5.82 Å². The molecule has 0 amide bonds. The molecule has 0 heterocycles. The molecule has 1 aromatic carbocycles. The largest absolute Gasteiger partial charge is 0.314 e. The van der Waals surface area contributed by atoms with Gasteiger partial charge in [0.15, 0.2) is 0 Å². The molecule has 0 aromatic heterocycles. The van der Waals surface area contributed by atoms with Crippen LogP contribution in [0.3, 0.4) is 0 Å². The summed E-state index contributed by atoms with van der Waals surface area (Å²) in [6, 6.07) is 7.25. The predicted octanol–water partition coefficient (Wildman–Crippen LogP) is 3.69. The first-order valence-corrected chi connectivity index (χ1v) is 6.65. The molecular weight excluding hydrogens is 221 g/mol. The highest BCUT2D eigenvalue weighted by atomic mass is 32.2. The summed E-state index contributed by atoms with van der Waals surface area (Å²) in [5.41, 5.74) is 0. The second-order valence-electron chi connectivity index (χ2n) is 4.08. The second kappa shape index (κ2) is 6.92. The molecule has 0 aliphatic heterocycles. The van der Waals surface area contributed by atoms with Crippen molar-refractivity contribution >= 4 is 11.8 Å². The fourth-order valence-electron chi connectivity index (χ4n) is 1.72. The molecule has 0 aliphatic carbocycles. The quantitative estimate of drug-likeness (QED) is 0.762. The minimum Gasteiger partial charge on any atom is -0.314 e. The summed E-state index contributed by atoms with van der Waals surface area (Å²) in [4.78, 5) is 1.14. The highest BCUT2D eigenvalue weighted by Crippen LogP contribution is 2.25. The molecule has 1 nitrogen and oxygen atoms in total. The van der Waals surface area contributed by atoms with Gasteiger partial charge in [-0.15, -0.1) is 11.8 Å².